The van der Waals surface area contributed by atoms with E-state index in [1.54, 1.807) is 0 Å². The summed E-state index contributed by atoms with van der Waals surface area (Å²) in [5, 5.41) is 33.7. The Hall–Kier alpha value is -13.1. The molecule has 6 aromatic heterocycles. The number of rotatable bonds is 15. The average Bonchev–Trinajstić information content (AvgIpc) is 1.60. The number of pyridine rings is 2. The number of para-hydroxylation sites is 3. The van der Waals surface area contributed by atoms with E-state index in [4.69, 9.17) is 49.0 Å². The van der Waals surface area contributed by atoms with Crippen molar-refractivity contribution in [2.24, 2.45) is 0 Å². The lowest BCUT2D eigenvalue weighted by molar-refractivity contribution is 0.453. The monoisotopic (exact) mass is 1320 g/mol. The van der Waals surface area contributed by atoms with Gasteiger partial charge in [0.1, 0.15) is 23.1 Å². The van der Waals surface area contributed by atoms with Gasteiger partial charge in [-0.15, -0.1) is 0 Å². The van der Waals surface area contributed by atoms with Crippen molar-refractivity contribution < 1.29 is 29.0 Å². The zero-order chi connectivity index (χ0) is 68.7. The van der Waals surface area contributed by atoms with E-state index in [0.717, 1.165) is 144 Å². The summed E-state index contributed by atoms with van der Waals surface area (Å²) in [5.41, 5.74) is 19.2. The standard InChI is InChI=1S/2C29H20BN2O2.C28H19BN3O2/c33-30-34-23-15-16-29-25(19-23)24-13-7-8-14-28(24)32(29)22-17-26(20-9-3-1-4-10-20)31-27(18-22)21-11-5-2-6-12-21;33-30-34-23-15-16-28-25(19-23)24-13-7-8-14-27(24)32(28)29-18-22(20-9-3-1-4-10-20)17-26(31-29)21-11-5-2-6-12-21;33-29-34-21-15-16-25-23(17-21)22-13-7-8-14-24(22)32(25)26-18-30-28(20-11-5-2-6-12-20)31-27(26)19-9-3-1-4-10-19/h2*1-19,33H;1-18,33H. The third-order valence-corrected chi connectivity index (χ3v) is 18.0. The molecule has 16 heteroatoms. The van der Waals surface area contributed by atoms with Crippen molar-refractivity contribution in [3.63, 3.8) is 0 Å². The van der Waals surface area contributed by atoms with Crippen LogP contribution in [0.5, 0.6) is 17.2 Å². The van der Waals surface area contributed by atoms with Crippen LogP contribution in [-0.4, -0.2) is 71.8 Å². The van der Waals surface area contributed by atoms with Crippen molar-refractivity contribution in [1.82, 2.24) is 33.6 Å². The first-order chi connectivity index (χ1) is 50.5. The van der Waals surface area contributed by atoms with Crippen LogP contribution in [0.25, 0.3) is 150 Å². The Morgan fingerprint density at radius 3 is 1.07 bits per heavy atom. The van der Waals surface area contributed by atoms with Crippen LogP contribution in [0.4, 0.5) is 0 Å². The molecule has 0 aliphatic heterocycles. The quantitative estimate of drug-likeness (QED) is 0.0845. The van der Waals surface area contributed by atoms with Gasteiger partial charge in [-0.3, -0.25) is 4.57 Å². The summed E-state index contributed by atoms with van der Waals surface area (Å²) in [6, 6.07) is 112. The molecule has 102 heavy (non-hydrogen) atoms. The van der Waals surface area contributed by atoms with Gasteiger partial charge < -0.3 is 38.2 Å². The van der Waals surface area contributed by atoms with Crippen molar-refractivity contribution >= 4 is 88.5 Å². The first-order valence-corrected chi connectivity index (χ1v) is 33.2. The fraction of sp³-hybridized carbons (Fsp3) is 0. The zero-order valence-electron chi connectivity index (χ0n) is 54.8. The lowest BCUT2D eigenvalue weighted by atomic mass is 10.0. The Morgan fingerprint density at radius 2 is 0.618 bits per heavy atom. The highest BCUT2D eigenvalue weighted by atomic mass is 16.5. The molecule has 0 aliphatic carbocycles. The zero-order valence-corrected chi connectivity index (χ0v) is 54.8. The molecule has 6 heterocycles. The van der Waals surface area contributed by atoms with Gasteiger partial charge in [0, 0.05) is 60.1 Å². The Morgan fingerprint density at radius 1 is 0.265 bits per heavy atom. The molecule has 0 spiro atoms. The number of hydrogen-bond acceptors (Lipinski definition) is 10. The summed E-state index contributed by atoms with van der Waals surface area (Å²) in [6.45, 7) is 0. The van der Waals surface area contributed by atoms with E-state index in [9.17, 15) is 0 Å². The minimum atomic E-state index is 0.567. The fourth-order valence-corrected chi connectivity index (χ4v) is 13.5. The van der Waals surface area contributed by atoms with Crippen molar-refractivity contribution in [3.05, 3.63) is 340 Å². The molecule has 0 aliphatic rings. The average molecular weight is 1320 g/mol. The van der Waals surface area contributed by atoms with Crippen LogP contribution in [0.15, 0.2) is 340 Å². The molecule has 0 amide bonds. The number of hydrogen-bond donors (Lipinski definition) is 3. The SMILES string of the molecule is O[B]Oc1ccc2c(c1)c1ccccc1n2-c1cc(-c2ccccc2)cc(-c2ccccc2)n1.O[B]Oc1ccc2c(c1)c1ccccc1n2-c1cc(-c2ccccc2)nc(-c2ccccc2)c1.O[B]Oc1ccc2c(c1)c1ccccc1n2-c1cnc(-c2ccccc2)nc1-c1ccccc1. The van der Waals surface area contributed by atoms with Gasteiger partial charge in [0.2, 0.25) is 0 Å². The molecule has 13 nitrogen and oxygen atoms in total. The summed E-state index contributed by atoms with van der Waals surface area (Å²) < 4.78 is 22.4. The van der Waals surface area contributed by atoms with Crippen molar-refractivity contribution in [2.75, 3.05) is 0 Å². The second-order valence-corrected chi connectivity index (χ2v) is 24.1. The van der Waals surface area contributed by atoms with Crippen LogP contribution < -0.4 is 14.0 Å². The normalized spacial score (nSPS) is 11.1. The second-order valence-electron chi connectivity index (χ2n) is 24.1. The second kappa shape index (κ2) is 28.8. The van der Waals surface area contributed by atoms with E-state index >= 15 is 0 Å². The lowest BCUT2D eigenvalue weighted by Gasteiger charge is -2.14. The van der Waals surface area contributed by atoms with Crippen LogP contribution in [0.2, 0.25) is 0 Å². The van der Waals surface area contributed by atoms with Gasteiger partial charge in [-0.2, -0.15) is 0 Å². The smallest absolute Gasteiger partial charge is 0.537 e. The number of fused-ring (bicyclic) bond motifs is 9. The third-order valence-electron chi connectivity index (χ3n) is 18.0. The predicted molar refractivity (Wildman–Crippen MR) is 412 cm³/mol. The van der Waals surface area contributed by atoms with E-state index in [-0.39, 0.29) is 0 Å². The largest absolute Gasteiger partial charge is 0.569 e. The highest BCUT2D eigenvalue weighted by molar-refractivity contribution is 6.19. The Kier molecular flexibility index (Phi) is 17.9. The molecule has 483 valence electrons. The van der Waals surface area contributed by atoms with E-state index in [1.807, 2.05) is 206 Å². The fourth-order valence-electron chi connectivity index (χ4n) is 13.5. The van der Waals surface area contributed by atoms with Gasteiger partial charge in [-0.1, -0.05) is 237 Å². The third kappa shape index (κ3) is 12.7. The molecular weight excluding hydrogens is 1260 g/mol. The first kappa shape index (κ1) is 63.6. The molecule has 18 aromatic rings. The number of nitrogens with zero attached hydrogens (tertiary/aromatic N) is 7. The first-order valence-electron chi connectivity index (χ1n) is 33.2. The lowest BCUT2D eigenvalue weighted by Crippen LogP contribution is -2.03. The van der Waals surface area contributed by atoms with E-state index in [2.05, 4.69) is 147 Å². The maximum atomic E-state index is 9.11. The molecule has 0 fully saturated rings. The van der Waals surface area contributed by atoms with Crippen molar-refractivity contribution in [3.8, 4) is 102 Å². The molecule has 0 saturated carbocycles. The maximum absolute atomic E-state index is 9.11. The van der Waals surface area contributed by atoms with E-state index < -0.39 is 0 Å². The summed E-state index contributed by atoms with van der Waals surface area (Å²) in [6.07, 6.45) is 1.90. The van der Waals surface area contributed by atoms with Crippen molar-refractivity contribution in [1.29, 1.82) is 0 Å². The van der Waals surface area contributed by atoms with E-state index in [1.165, 1.54) is 0 Å². The van der Waals surface area contributed by atoms with E-state index in [0.29, 0.717) is 46.1 Å². The van der Waals surface area contributed by atoms with Crippen LogP contribution in [0, 0.1) is 0 Å². The summed E-state index contributed by atoms with van der Waals surface area (Å²) in [4.78, 5) is 19.9. The van der Waals surface area contributed by atoms with Crippen molar-refractivity contribution in [2.45, 2.75) is 0 Å². The number of benzene rings is 12. The summed E-state index contributed by atoms with van der Waals surface area (Å²) >= 11 is 0. The molecule has 18 rings (SSSR count). The minimum Gasteiger partial charge on any atom is -0.537 e. The van der Waals surface area contributed by atoms with Gasteiger partial charge in [0.05, 0.1) is 73.4 Å². The molecule has 12 aromatic carbocycles. The summed E-state index contributed by atoms with van der Waals surface area (Å²) in [5.74, 6) is 3.25. The maximum Gasteiger partial charge on any atom is 0.569 e. The summed E-state index contributed by atoms with van der Waals surface area (Å²) in [7, 11) is 2.11. The van der Waals surface area contributed by atoms with Gasteiger partial charge in [-0.05, 0) is 108 Å². The Balaban J connectivity index is 0.000000118. The highest BCUT2D eigenvalue weighted by Crippen LogP contribution is 2.41. The molecular formula is C86H59B3N7O6. The Labute approximate surface area is 589 Å². The van der Waals surface area contributed by atoms with Gasteiger partial charge in [0.15, 0.2) is 5.82 Å². The molecule has 0 unspecified atom stereocenters. The molecule has 0 bridgehead atoms. The van der Waals surface area contributed by atoms with Gasteiger partial charge in [-0.25, -0.2) is 19.9 Å². The highest BCUT2D eigenvalue weighted by Gasteiger charge is 2.22. The van der Waals surface area contributed by atoms with Crippen LogP contribution in [0.1, 0.15) is 0 Å². The van der Waals surface area contributed by atoms with Crippen LogP contribution >= 0.6 is 0 Å². The molecule has 0 atom stereocenters. The van der Waals surface area contributed by atoms with Crippen LogP contribution in [0.3, 0.4) is 0 Å². The minimum absolute atomic E-state index is 0.567. The van der Waals surface area contributed by atoms with Crippen LogP contribution in [-0.2, 0) is 0 Å². The molecule has 0 saturated heterocycles. The molecule has 3 radical (unpaired) electrons. The molecule has 3 N–H and O–H groups in total. The Bertz CT molecular complexity index is 5650. The predicted octanol–water partition coefficient (Wildman–Crippen LogP) is 18.6. The topological polar surface area (TPSA) is 155 Å². The number of aromatic nitrogens is 7. The van der Waals surface area contributed by atoms with Gasteiger partial charge in [0.25, 0.3) is 0 Å². The van der Waals surface area contributed by atoms with Gasteiger partial charge >= 0.3 is 23.1 Å².